The van der Waals surface area contributed by atoms with Crippen molar-refractivity contribution >= 4 is 11.8 Å². The first-order valence-electron chi connectivity index (χ1n) is 6.52. The molecule has 1 heterocycles. The van der Waals surface area contributed by atoms with E-state index >= 15 is 0 Å². The molecule has 0 bridgehead atoms. The Morgan fingerprint density at radius 2 is 1.83 bits per heavy atom. The smallest absolute Gasteiger partial charge is 0.242 e. The summed E-state index contributed by atoms with van der Waals surface area (Å²) in [5.74, 6) is -0.142. The summed E-state index contributed by atoms with van der Waals surface area (Å²) in [6, 6.07) is 0. The summed E-state index contributed by atoms with van der Waals surface area (Å²) in [7, 11) is 0. The highest BCUT2D eigenvalue weighted by Gasteiger charge is 2.29. The number of hydrogen-bond acceptors (Lipinski definition) is 4. The van der Waals surface area contributed by atoms with Crippen LogP contribution in [0.5, 0.6) is 0 Å². The van der Waals surface area contributed by atoms with Crippen molar-refractivity contribution in [1.29, 1.82) is 0 Å². The molecule has 0 aromatic heterocycles. The third-order valence-corrected chi connectivity index (χ3v) is 2.98. The van der Waals surface area contributed by atoms with Gasteiger partial charge in [0.1, 0.15) is 0 Å². The summed E-state index contributed by atoms with van der Waals surface area (Å²) in [6.45, 7) is 6.17. The average molecular weight is 257 g/mol. The minimum absolute atomic E-state index is 0.0502. The molecule has 0 spiro atoms. The van der Waals surface area contributed by atoms with Crippen LogP contribution in [0, 0.1) is 0 Å². The van der Waals surface area contributed by atoms with Gasteiger partial charge in [0.2, 0.25) is 11.8 Å². The van der Waals surface area contributed by atoms with Gasteiger partial charge in [-0.15, -0.1) is 0 Å². The first kappa shape index (κ1) is 14.9. The number of amides is 2. The lowest BCUT2D eigenvalue weighted by Crippen LogP contribution is -2.55. The Labute approximate surface area is 108 Å². The molecule has 6 nitrogen and oxygen atoms in total. The van der Waals surface area contributed by atoms with E-state index in [1.165, 1.54) is 9.80 Å². The van der Waals surface area contributed by atoms with E-state index in [0.717, 1.165) is 13.0 Å². The number of likely N-dealkylation sites (N-methyl/N-ethyl adjacent to an activating group) is 1. The lowest BCUT2D eigenvalue weighted by atomic mass is 10.2. The molecular weight excluding hydrogens is 234 g/mol. The Bertz CT molecular complexity index is 296. The molecule has 1 atom stereocenters. The van der Waals surface area contributed by atoms with E-state index in [1.807, 2.05) is 13.8 Å². The van der Waals surface area contributed by atoms with Gasteiger partial charge in [-0.05, 0) is 19.9 Å². The minimum atomic E-state index is -0.624. The Morgan fingerprint density at radius 3 is 2.44 bits per heavy atom. The van der Waals surface area contributed by atoms with Crippen molar-refractivity contribution < 1.29 is 14.7 Å². The van der Waals surface area contributed by atoms with Gasteiger partial charge in [0, 0.05) is 19.6 Å². The highest BCUT2D eigenvalue weighted by atomic mass is 16.3. The molecule has 1 fully saturated rings. The summed E-state index contributed by atoms with van der Waals surface area (Å²) >= 11 is 0. The molecule has 0 saturated carbocycles. The first-order valence-corrected chi connectivity index (χ1v) is 6.52. The summed E-state index contributed by atoms with van der Waals surface area (Å²) in [6.07, 6.45) is 0.376. The van der Waals surface area contributed by atoms with Crippen LogP contribution in [0.3, 0.4) is 0 Å². The fourth-order valence-corrected chi connectivity index (χ4v) is 1.92. The molecule has 2 amide bonds. The molecule has 1 unspecified atom stereocenters. The topological polar surface area (TPSA) is 72.9 Å². The summed E-state index contributed by atoms with van der Waals surface area (Å²) in [5, 5.41) is 12.9. The lowest BCUT2D eigenvalue weighted by molar-refractivity contribution is -0.151. The van der Waals surface area contributed by atoms with E-state index in [-0.39, 0.29) is 31.4 Å². The van der Waals surface area contributed by atoms with Crippen molar-refractivity contribution in [2.24, 2.45) is 0 Å². The predicted octanol–water partition coefficient (Wildman–Crippen LogP) is -0.962. The molecule has 6 heteroatoms. The van der Waals surface area contributed by atoms with Crippen molar-refractivity contribution in [3.63, 3.8) is 0 Å². The molecule has 1 aliphatic rings. The number of aliphatic hydroxyl groups excluding tert-OH is 1. The molecule has 1 aliphatic heterocycles. The third kappa shape index (κ3) is 4.27. The van der Waals surface area contributed by atoms with Gasteiger partial charge >= 0.3 is 0 Å². The van der Waals surface area contributed by atoms with Gasteiger partial charge in [-0.3, -0.25) is 9.59 Å². The van der Waals surface area contributed by atoms with E-state index in [0.29, 0.717) is 13.1 Å². The fraction of sp³-hybridized carbons (Fsp3) is 0.833. The van der Waals surface area contributed by atoms with Gasteiger partial charge in [-0.2, -0.15) is 0 Å². The highest BCUT2D eigenvalue weighted by molar-refractivity contribution is 5.92. The van der Waals surface area contributed by atoms with Crippen molar-refractivity contribution in [3.8, 4) is 0 Å². The summed E-state index contributed by atoms with van der Waals surface area (Å²) in [4.78, 5) is 26.4. The van der Waals surface area contributed by atoms with Crippen LogP contribution in [-0.2, 0) is 9.59 Å². The van der Waals surface area contributed by atoms with Crippen LogP contribution < -0.4 is 5.32 Å². The van der Waals surface area contributed by atoms with Crippen LogP contribution in [0.15, 0.2) is 0 Å². The zero-order valence-corrected chi connectivity index (χ0v) is 11.2. The number of nitrogens with zero attached hydrogens (tertiary/aromatic N) is 2. The number of hydrogen-bond donors (Lipinski definition) is 2. The van der Waals surface area contributed by atoms with Gasteiger partial charge in [0.05, 0.1) is 19.2 Å². The van der Waals surface area contributed by atoms with Crippen molar-refractivity contribution in [2.75, 3.05) is 39.3 Å². The van der Waals surface area contributed by atoms with E-state index in [4.69, 9.17) is 0 Å². The molecule has 1 rings (SSSR count). The maximum atomic E-state index is 11.8. The van der Waals surface area contributed by atoms with Crippen molar-refractivity contribution in [2.45, 2.75) is 26.4 Å². The quantitative estimate of drug-likeness (QED) is 0.576. The normalized spacial score (nSPS) is 18.4. The second-order valence-electron chi connectivity index (χ2n) is 4.54. The van der Waals surface area contributed by atoms with Crippen LogP contribution in [-0.4, -0.2) is 72.1 Å². The van der Waals surface area contributed by atoms with Crippen molar-refractivity contribution in [3.05, 3.63) is 0 Å². The molecule has 2 N–H and O–H groups in total. The number of rotatable bonds is 7. The molecule has 0 aromatic rings. The largest absolute Gasteiger partial charge is 0.390 e. The summed E-state index contributed by atoms with van der Waals surface area (Å²) < 4.78 is 0. The molecular formula is C12H23N3O3. The molecule has 1 saturated heterocycles. The van der Waals surface area contributed by atoms with E-state index in [2.05, 4.69) is 5.32 Å². The Hall–Kier alpha value is -1.14. The first-order chi connectivity index (χ1) is 8.58. The van der Waals surface area contributed by atoms with Gasteiger partial charge in [0.25, 0.3) is 0 Å². The average Bonchev–Trinajstić information content (AvgIpc) is 2.33. The minimum Gasteiger partial charge on any atom is -0.390 e. The second-order valence-corrected chi connectivity index (χ2v) is 4.54. The molecule has 0 aromatic carbocycles. The SMILES string of the molecule is CCCNCC(O)CN1CC(=O)N(CC)CC1=O. The van der Waals surface area contributed by atoms with Crippen LogP contribution >= 0.6 is 0 Å². The van der Waals surface area contributed by atoms with Gasteiger partial charge in [-0.1, -0.05) is 6.92 Å². The predicted molar refractivity (Wildman–Crippen MR) is 68.0 cm³/mol. The maximum Gasteiger partial charge on any atom is 0.242 e. The van der Waals surface area contributed by atoms with Crippen molar-refractivity contribution in [1.82, 2.24) is 15.1 Å². The number of carbonyl (C=O) groups excluding carboxylic acids is 2. The maximum absolute atomic E-state index is 11.8. The van der Waals surface area contributed by atoms with Crippen LogP contribution in [0.4, 0.5) is 0 Å². The number of aliphatic hydroxyl groups is 1. The molecule has 0 radical (unpaired) electrons. The number of β-amino-alcohol motifs (C(OH)–C–C–N with tert-alkyl or cyclic N) is 1. The zero-order chi connectivity index (χ0) is 13.5. The highest BCUT2D eigenvalue weighted by Crippen LogP contribution is 2.05. The Balaban J connectivity index is 2.38. The third-order valence-electron chi connectivity index (χ3n) is 2.98. The van der Waals surface area contributed by atoms with Crippen LogP contribution in [0.25, 0.3) is 0 Å². The van der Waals surface area contributed by atoms with Gasteiger partial charge < -0.3 is 20.2 Å². The van der Waals surface area contributed by atoms with Gasteiger partial charge in [0.15, 0.2) is 0 Å². The fourth-order valence-electron chi connectivity index (χ4n) is 1.92. The lowest BCUT2D eigenvalue weighted by Gasteiger charge is -2.34. The number of piperazine rings is 1. The standard InChI is InChI=1S/C12H23N3O3/c1-3-5-13-6-10(16)7-15-9-11(17)14(4-2)8-12(15)18/h10,13,16H,3-9H2,1-2H3. The van der Waals surface area contributed by atoms with Gasteiger partial charge in [-0.25, -0.2) is 0 Å². The zero-order valence-electron chi connectivity index (χ0n) is 11.2. The molecule has 18 heavy (non-hydrogen) atoms. The molecule has 0 aliphatic carbocycles. The van der Waals surface area contributed by atoms with Crippen LogP contribution in [0.1, 0.15) is 20.3 Å². The van der Waals surface area contributed by atoms with Crippen LogP contribution in [0.2, 0.25) is 0 Å². The van der Waals surface area contributed by atoms with E-state index in [1.54, 1.807) is 0 Å². The number of carbonyl (C=O) groups is 2. The van der Waals surface area contributed by atoms with E-state index < -0.39 is 6.10 Å². The molecule has 104 valence electrons. The Kier molecular flexibility index (Phi) is 6.07. The monoisotopic (exact) mass is 257 g/mol. The second kappa shape index (κ2) is 7.33. The Morgan fingerprint density at radius 1 is 1.22 bits per heavy atom. The summed E-state index contributed by atoms with van der Waals surface area (Å²) in [5.41, 5.74) is 0. The van der Waals surface area contributed by atoms with E-state index in [9.17, 15) is 14.7 Å². The number of nitrogens with one attached hydrogen (secondary N) is 1.